The number of hydrogen-bond donors (Lipinski definition) is 1. The molecule has 0 bridgehead atoms. The zero-order valence-electron chi connectivity index (χ0n) is 20.2. The minimum atomic E-state index is -3.82. The molecule has 2 aromatic heterocycles. The Hall–Kier alpha value is -3.54. The Morgan fingerprint density at radius 2 is 1.81 bits per heavy atom. The van der Waals surface area contributed by atoms with Crippen LogP contribution in [-0.2, 0) is 14.8 Å². The van der Waals surface area contributed by atoms with Gasteiger partial charge in [0, 0.05) is 16.9 Å². The van der Waals surface area contributed by atoms with Crippen LogP contribution in [0.5, 0.6) is 11.5 Å². The zero-order valence-corrected chi connectivity index (χ0v) is 21.8. The predicted octanol–water partition coefficient (Wildman–Crippen LogP) is 5.27. The molecule has 0 aliphatic heterocycles. The molecule has 0 amide bonds. The fourth-order valence-electron chi connectivity index (χ4n) is 4.45. The Balaban J connectivity index is 1.66. The first-order valence-corrected chi connectivity index (χ1v) is 14.4. The number of nitrogens with zero attached hydrogens (tertiary/aromatic N) is 3. The van der Waals surface area contributed by atoms with Gasteiger partial charge in [0.2, 0.25) is 15.2 Å². The van der Waals surface area contributed by atoms with Crippen molar-refractivity contribution < 1.29 is 22.7 Å². The molecule has 1 fully saturated rings. The Morgan fingerprint density at radius 1 is 1.11 bits per heavy atom. The average Bonchev–Trinajstić information content (AvgIpc) is 3.64. The summed E-state index contributed by atoms with van der Waals surface area (Å²) < 4.78 is 36.7. The van der Waals surface area contributed by atoms with E-state index >= 15 is 0 Å². The molecule has 0 spiro atoms. The molecule has 5 rings (SSSR count). The molecule has 0 saturated heterocycles. The smallest absolute Gasteiger partial charge is 0.357 e. The predicted molar refractivity (Wildman–Crippen MR) is 140 cm³/mol. The normalized spacial score (nSPS) is 14.1. The van der Waals surface area contributed by atoms with Crippen LogP contribution >= 0.6 is 11.3 Å². The van der Waals surface area contributed by atoms with E-state index in [4.69, 9.17) is 19.7 Å². The fraction of sp³-hybridized carbons (Fsp3) is 0.269. The Labute approximate surface area is 218 Å². The lowest BCUT2D eigenvalue weighted by Gasteiger charge is -2.13. The van der Waals surface area contributed by atoms with E-state index in [-0.39, 0.29) is 23.1 Å². The molecule has 2 heterocycles. The lowest BCUT2D eigenvalue weighted by molar-refractivity contribution is 0.0520. The highest BCUT2D eigenvalue weighted by molar-refractivity contribution is 7.89. The number of esters is 1. The lowest BCUT2D eigenvalue weighted by Crippen LogP contribution is -2.11. The molecule has 4 aromatic rings. The standard InChI is InChI=1S/C26H26N4O5S2/c1-2-34-25(31)21-16-36-26(28-21)30-23(18-10-4-3-5-11-18)24(22(29-30)17-8-6-7-9-17)35-19-12-14-20(15-13-19)37(27,32)33/h3-5,10-17H,2,6-9H2,1H3,(H2,27,32,33). The number of rotatable bonds is 8. The maximum absolute atomic E-state index is 12.3. The molecule has 1 aliphatic carbocycles. The van der Waals surface area contributed by atoms with Crippen molar-refractivity contribution in [3.63, 3.8) is 0 Å². The van der Waals surface area contributed by atoms with Gasteiger partial charge in [-0.3, -0.25) is 0 Å². The third kappa shape index (κ3) is 5.29. The number of sulfonamides is 1. The molecule has 37 heavy (non-hydrogen) atoms. The molecule has 1 saturated carbocycles. The van der Waals surface area contributed by atoms with Crippen molar-refractivity contribution in [2.45, 2.75) is 43.4 Å². The average molecular weight is 539 g/mol. The van der Waals surface area contributed by atoms with E-state index in [0.29, 0.717) is 22.3 Å². The molecule has 2 N–H and O–H groups in total. The van der Waals surface area contributed by atoms with Crippen molar-refractivity contribution in [3.05, 3.63) is 71.4 Å². The van der Waals surface area contributed by atoms with Gasteiger partial charge in [0.1, 0.15) is 17.1 Å². The van der Waals surface area contributed by atoms with Gasteiger partial charge < -0.3 is 9.47 Å². The van der Waals surface area contributed by atoms with E-state index in [1.54, 1.807) is 29.1 Å². The molecule has 0 unspecified atom stereocenters. The number of ether oxygens (including phenoxy) is 2. The van der Waals surface area contributed by atoms with E-state index in [1.807, 2.05) is 30.3 Å². The van der Waals surface area contributed by atoms with Crippen molar-refractivity contribution >= 4 is 27.3 Å². The van der Waals surface area contributed by atoms with Crippen molar-refractivity contribution in [3.8, 4) is 27.9 Å². The van der Waals surface area contributed by atoms with Crippen LogP contribution in [0.15, 0.2) is 64.9 Å². The summed E-state index contributed by atoms with van der Waals surface area (Å²) in [5, 5.41) is 12.4. The third-order valence-electron chi connectivity index (χ3n) is 6.19. The molecular weight excluding hydrogens is 512 g/mol. The first-order valence-electron chi connectivity index (χ1n) is 12.0. The number of carbonyl (C=O) groups excluding carboxylic acids is 1. The first-order chi connectivity index (χ1) is 17.8. The van der Waals surface area contributed by atoms with Crippen LogP contribution in [0.25, 0.3) is 16.4 Å². The summed E-state index contributed by atoms with van der Waals surface area (Å²) in [5.74, 6) is 0.747. The second-order valence-corrected chi connectivity index (χ2v) is 11.1. The zero-order chi connectivity index (χ0) is 26.0. The largest absolute Gasteiger partial charge is 0.461 e. The molecular formula is C26H26N4O5S2. The summed E-state index contributed by atoms with van der Waals surface area (Å²) in [6.45, 7) is 2.01. The lowest BCUT2D eigenvalue weighted by atomic mass is 10.0. The monoisotopic (exact) mass is 538 g/mol. The highest BCUT2D eigenvalue weighted by Crippen LogP contribution is 2.45. The molecule has 2 aromatic carbocycles. The third-order valence-corrected chi connectivity index (χ3v) is 7.93. The van der Waals surface area contributed by atoms with Gasteiger partial charge in [-0.05, 0) is 44.0 Å². The maximum atomic E-state index is 12.3. The minimum absolute atomic E-state index is 0.00382. The van der Waals surface area contributed by atoms with Crippen molar-refractivity contribution in [2.75, 3.05) is 6.61 Å². The van der Waals surface area contributed by atoms with Crippen molar-refractivity contribution in [2.24, 2.45) is 5.14 Å². The van der Waals surface area contributed by atoms with Crippen molar-refractivity contribution in [1.29, 1.82) is 0 Å². The van der Waals surface area contributed by atoms with Gasteiger partial charge in [-0.15, -0.1) is 11.3 Å². The molecule has 1 aliphatic rings. The van der Waals surface area contributed by atoms with Gasteiger partial charge in [-0.2, -0.15) is 5.10 Å². The van der Waals surface area contributed by atoms with Gasteiger partial charge in [0.25, 0.3) is 0 Å². The number of hydrogen-bond acceptors (Lipinski definition) is 8. The number of primary sulfonamides is 1. The fourth-order valence-corrected chi connectivity index (χ4v) is 5.72. The second kappa shape index (κ2) is 10.4. The Morgan fingerprint density at radius 3 is 2.46 bits per heavy atom. The van der Waals surface area contributed by atoms with Crippen LogP contribution in [-0.4, -0.2) is 35.8 Å². The number of carbonyl (C=O) groups is 1. The molecule has 192 valence electrons. The van der Waals surface area contributed by atoms with Crippen LogP contribution in [0, 0.1) is 0 Å². The molecule has 11 heteroatoms. The van der Waals surface area contributed by atoms with Gasteiger partial charge in [-0.25, -0.2) is 28.0 Å². The van der Waals surface area contributed by atoms with E-state index in [2.05, 4.69) is 4.98 Å². The van der Waals surface area contributed by atoms with Gasteiger partial charge in [0.05, 0.1) is 11.5 Å². The van der Waals surface area contributed by atoms with E-state index in [0.717, 1.165) is 36.9 Å². The quantitative estimate of drug-likeness (QED) is 0.303. The van der Waals surface area contributed by atoms with Crippen LogP contribution in [0.1, 0.15) is 54.7 Å². The summed E-state index contributed by atoms with van der Waals surface area (Å²) >= 11 is 1.29. The summed E-state index contributed by atoms with van der Waals surface area (Å²) in [6.07, 6.45) is 4.17. The number of aromatic nitrogens is 3. The van der Waals surface area contributed by atoms with Gasteiger partial charge in [0.15, 0.2) is 11.4 Å². The second-order valence-electron chi connectivity index (χ2n) is 8.68. The van der Waals surface area contributed by atoms with Crippen molar-refractivity contribution in [1.82, 2.24) is 14.8 Å². The van der Waals surface area contributed by atoms with Gasteiger partial charge >= 0.3 is 5.97 Å². The number of benzene rings is 2. The minimum Gasteiger partial charge on any atom is -0.461 e. The summed E-state index contributed by atoms with van der Waals surface area (Å²) in [6, 6.07) is 15.7. The van der Waals surface area contributed by atoms with Crippen LogP contribution in [0.3, 0.4) is 0 Å². The topological polar surface area (TPSA) is 126 Å². The molecule has 0 radical (unpaired) electrons. The van der Waals surface area contributed by atoms with E-state index < -0.39 is 16.0 Å². The Kier molecular flexibility index (Phi) is 7.09. The number of thiazole rings is 1. The van der Waals surface area contributed by atoms with Crippen LogP contribution in [0.4, 0.5) is 0 Å². The van der Waals surface area contributed by atoms with Gasteiger partial charge in [-0.1, -0.05) is 43.2 Å². The number of nitrogens with two attached hydrogens (primary N) is 1. The maximum Gasteiger partial charge on any atom is 0.357 e. The highest BCUT2D eigenvalue weighted by atomic mass is 32.2. The molecule has 9 nitrogen and oxygen atoms in total. The van der Waals surface area contributed by atoms with Crippen LogP contribution < -0.4 is 9.88 Å². The first kappa shape index (κ1) is 25.1. The summed E-state index contributed by atoms with van der Waals surface area (Å²) in [7, 11) is -3.82. The highest BCUT2D eigenvalue weighted by Gasteiger charge is 2.31. The summed E-state index contributed by atoms with van der Waals surface area (Å²) in [5.41, 5.74) is 2.59. The van der Waals surface area contributed by atoms with E-state index in [9.17, 15) is 13.2 Å². The summed E-state index contributed by atoms with van der Waals surface area (Å²) in [4.78, 5) is 16.8. The van der Waals surface area contributed by atoms with Crippen LogP contribution in [0.2, 0.25) is 0 Å². The SMILES string of the molecule is CCOC(=O)c1csc(-n2nc(C3CCCC3)c(Oc3ccc(S(N)(=O)=O)cc3)c2-c2ccccc2)n1. The van der Waals surface area contributed by atoms with E-state index in [1.165, 1.54) is 23.5 Å². The molecule has 0 atom stereocenters. The Bertz CT molecular complexity index is 1510.